The number of benzene rings is 1. The summed E-state index contributed by atoms with van der Waals surface area (Å²) in [6, 6.07) is 7.32. The molecule has 0 fully saturated rings. The first-order valence-corrected chi connectivity index (χ1v) is 9.89. The maximum absolute atomic E-state index is 12.5. The summed E-state index contributed by atoms with van der Waals surface area (Å²) in [6.45, 7) is 7.91. The summed E-state index contributed by atoms with van der Waals surface area (Å²) in [5.74, 6) is 0.553. The minimum absolute atomic E-state index is 0.104. The molecule has 0 aliphatic rings. The van der Waals surface area contributed by atoms with Gasteiger partial charge in [-0.25, -0.2) is 0 Å². The molecule has 24 heavy (non-hydrogen) atoms. The molecule has 6 heteroatoms. The molecular formula is C18H29N3O2S. The van der Waals surface area contributed by atoms with Crippen LogP contribution in [-0.4, -0.2) is 43.0 Å². The van der Waals surface area contributed by atoms with Crippen molar-refractivity contribution in [2.45, 2.75) is 39.7 Å². The second kappa shape index (κ2) is 11.0. The number of rotatable bonds is 10. The summed E-state index contributed by atoms with van der Waals surface area (Å²) >= 11 is 1.66. The van der Waals surface area contributed by atoms with Gasteiger partial charge in [-0.3, -0.25) is 9.59 Å². The Labute approximate surface area is 149 Å². The van der Waals surface area contributed by atoms with Gasteiger partial charge in [0.25, 0.3) is 0 Å². The SMILES string of the molecule is CCC(=O)NC(CCSC)C(=O)Nc1ccc(N(CC)CC)cc1. The normalized spacial score (nSPS) is 11.7. The van der Waals surface area contributed by atoms with E-state index in [2.05, 4.69) is 29.4 Å². The second-order valence-electron chi connectivity index (χ2n) is 5.46. The predicted molar refractivity (Wildman–Crippen MR) is 104 cm³/mol. The Hall–Kier alpha value is -1.69. The van der Waals surface area contributed by atoms with E-state index in [0.717, 1.165) is 30.2 Å². The van der Waals surface area contributed by atoms with Crippen molar-refractivity contribution in [3.8, 4) is 0 Å². The summed E-state index contributed by atoms with van der Waals surface area (Å²) in [7, 11) is 0. The zero-order chi connectivity index (χ0) is 17.9. The molecule has 0 heterocycles. The van der Waals surface area contributed by atoms with Crippen molar-refractivity contribution < 1.29 is 9.59 Å². The van der Waals surface area contributed by atoms with Crippen molar-refractivity contribution in [3.05, 3.63) is 24.3 Å². The Balaban J connectivity index is 2.73. The van der Waals surface area contributed by atoms with Crippen LogP contribution in [0.1, 0.15) is 33.6 Å². The zero-order valence-electron chi connectivity index (χ0n) is 15.1. The van der Waals surface area contributed by atoms with Crippen molar-refractivity contribution in [3.63, 3.8) is 0 Å². The summed E-state index contributed by atoms with van der Waals surface area (Å²) in [5.41, 5.74) is 1.88. The van der Waals surface area contributed by atoms with Crippen LogP contribution >= 0.6 is 11.8 Å². The molecular weight excluding hydrogens is 322 g/mol. The van der Waals surface area contributed by atoms with E-state index < -0.39 is 6.04 Å². The standard InChI is InChI=1S/C18H29N3O2S/c1-5-17(22)20-16(12-13-24-4)18(23)19-14-8-10-15(11-9-14)21(6-2)7-3/h8-11,16H,5-7,12-13H2,1-4H3,(H,19,23)(H,20,22). The molecule has 0 aliphatic carbocycles. The minimum Gasteiger partial charge on any atom is -0.372 e. The van der Waals surface area contributed by atoms with E-state index >= 15 is 0 Å². The highest BCUT2D eigenvalue weighted by Gasteiger charge is 2.19. The molecule has 0 saturated carbocycles. The Morgan fingerprint density at radius 3 is 2.25 bits per heavy atom. The van der Waals surface area contributed by atoms with E-state index in [1.165, 1.54) is 0 Å². The van der Waals surface area contributed by atoms with Gasteiger partial charge in [0.2, 0.25) is 11.8 Å². The van der Waals surface area contributed by atoms with Crippen LogP contribution in [0.25, 0.3) is 0 Å². The molecule has 0 spiro atoms. The van der Waals surface area contributed by atoms with E-state index in [1.54, 1.807) is 18.7 Å². The Kier molecular flexibility index (Phi) is 9.30. The summed E-state index contributed by atoms with van der Waals surface area (Å²) in [4.78, 5) is 26.3. The fourth-order valence-electron chi connectivity index (χ4n) is 2.37. The van der Waals surface area contributed by atoms with Crippen molar-refractivity contribution in [1.82, 2.24) is 5.32 Å². The van der Waals surface area contributed by atoms with Crippen LogP contribution in [0.3, 0.4) is 0 Å². The van der Waals surface area contributed by atoms with E-state index in [4.69, 9.17) is 0 Å². The van der Waals surface area contributed by atoms with Gasteiger partial charge in [0.1, 0.15) is 6.04 Å². The lowest BCUT2D eigenvalue weighted by Crippen LogP contribution is -2.44. The third kappa shape index (κ3) is 6.43. The topological polar surface area (TPSA) is 61.4 Å². The Bertz CT molecular complexity index is 516. The first-order valence-electron chi connectivity index (χ1n) is 8.49. The van der Waals surface area contributed by atoms with Gasteiger partial charge >= 0.3 is 0 Å². The first-order chi connectivity index (χ1) is 11.5. The molecule has 1 aromatic carbocycles. The second-order valence-corrected chi connectivity index (χ2v) is 6.45. The number of thioether (sulfide) groups is 1. The Morgan fingerprint density at radius 1 is 1.12 bits per heavy atom. The molecule has 0 saturated heterocycles. The lowest BCUT2D eigenvalue weighted by atomic mass is 10.2. The number of carbonyl (C=O) groups excluding carboxylic acids is 2. The third-order valence-corrected chi connectivity index (χ3v) is 4.49. The van der Waals surface area contributed by atoms with Gasteiger partial charge in [0, 0.05) is 30.9 Å². The maximum atomic E-state index is 12.5. The molecule has 1 unspecified atom stereocenters. The largest absolute Gasteiger partial charge is 0.372 e. The molecule has 1 aromatic rings. The molecule has 134 valence electrons. The fraction of sp³-hybridized carbons (Fsp3) is 0.556. The number of carbonyl (C=O) groups is 2. The molecule has 2 amide bonds. The van der Waals surface area contributed by atoms with E-state index in [-0.39, 0.29) is 11.8 Å². The zero-order valence-corrected chi connectivity index (χ0v) is 15.9. The van der Waals surface area contributed by atoms with Gasteiger partial charge in [-0.15, -0.1) is 0 Å². The van der Waals surface area contributed by atoms with Crippen LogP contribution in [0, 0.1) is 0 Å². The number of hydrogen-bond acceptors (Lipinski definition) is 4. The van der Waals surface area contributed by atoms with E-state index in [9.17, 15) is 9.59 Å². The smallest absolute Gasteiger partial charge is 0.246 e. The third-order valence-electron chi connectivity index (χ3n) is 3.85. The van der Waals surface area contributed by atoms with Gasteiger partial charge in [0.15, 0.2) is 0 Å². The van der Waals surface area contributed by atoms with E-state index in [1.807, 2.05) is 30.5 Å². The van der Waals surface area contributed by atoms with Gasteiger partial charge < -0.3 is 15.5 Å². The van der Waals surface area contributed by atoms with Crippen LogP contribution in [0.5, 0.6) is 0 Å². The van der Waals surface area contributed by atoms with Crippen LogP contribution in [0.4, 0.5) is 11.4 Å². The highest BCUT2D eigenvalue weighted by Crippen LogP contribution is 2.18. The van der Waals surface area contributed by atoms with Crippen molar-refractivity contribution in [2.24, 2.45) is 0 Å². The van der Waals surface area contributed by atoms with Crippen LogP contribution < -0.4 is 15.5 Å². The minimum atomic E-state index is -0.493. The van der Waals surface area contributed by atoms with Gasteiger partial charge in [-0.05, 0) is 56.5 Å². The predicted octanol–water partition coefficient (Wildman–Crippen LogP) is 3.12. The van der Waals surface area contributed by atoms with Crippen LogP contribution in [0.15, 0.2) is 24.3 Å². The molecule has 0 radical (unpaired) electrons. The van der Waals surface area contributed by atoms with Gasteiger partial charge in [0.05, 0.1) is 0 Å². The highest BCUT2D eigenvalue weighted by atomic mass is 32.2. The lowest BCUT2D eigenvalue weighted by molar-refractivity contribution is -0.126. The number of hydrogen-bond donors (Lipinski definition) is 2. The van der Waals surface area contributed by atoms with Crippen molar-refractivity contribution in [2.75, 3.05) is 35.3 Å². The maximum Gasteiger partial charge on any atom is 0.246 e. The average Bonchev–Trinajstić information content (AvgIpc) is 2.60. The first kappa shape index (κ1) is 20.4. The lowest BCUT2D eigenvalue weighted by Gasteiger charge is -2.21. The Morgan fingerprint density at radius 2 is 1.75 bits per heavy atom. The molecule has 0 aromatic heterocycles. The molecule has 1 rings (SSSR count). The molecule has 0 bridgehead atoms. The molecule has 5 nitrogen and oxygen atoms in total. The monoisotopic (exact) mass is 351 g/mol. The molecule has 1 atom stereocenters. The van der Waals surface area contributed by atoms with Crippen molar-refractivity contribution in [1.29, 1.82) is 0 Å². The summed E-state index contributed by atoms with van der Waals surface area (Å²) in [5, 5.41) is 5.70. The van der Waals surface area contributed by atoms with Gasteiger partial charge in [-0.1, -0.05) is 6.92 Å². The van der Waals surface area contributed by atoms with Crippen LogP contribution in [-0.2, 0) is 9.59 Å². The van der Waals surface area contributed by atoms with Crippen LogP contribution in [0.2, 0.25) is 0 Å². The van der Waals surface area contributed by atoms with Gasteiger partial charge in [-0.2, -0.15) is 11.8 Å². The molecule has 0 aliphatic heterocycles. The van der Waals surface area contributed by atoms with E-state index in [0.29, 0.717) is 12.8 Å². The number of amides is 2. The molecule has 2 N–H and O–H groups in total. The summed E-state index contributed by atoms with van der Waals surface area (Å²) < 4.78 is 0. The fourth-order valence-corrected chi connectivity index (χ4v) is 2.85. The number of nitrogens with one attached hydrogen (secondary N) is 2. The average molecular weight is 352 g/mol. The highest BCUT2D eigenvalue weighted by molar-refractivity contribution is 7.98. The number of anilines is 2. The summed E-state index contributed by atoms with van der Waals surface area (Å²) in [6.07, 6.45) is 2.99. The number of nitrogens with zero attached hydrogens (tertiary/aromatic N) is 1. The quantitative estimate of drug-likeness (QED) is 0.680. The van der Waals surface area contributed by atoms with Crippen molar-refractivity contribution >= 4 is 35.0 Å².